The smallest absolute Gasteiger partial charge is 0.339 e. The summed E-state index contributed by atoms with van der Waals surface area (Å²) in [7, 11) is 0. The minimum atomic E-state index is -5.08. The second-order valence-corrected chi connectivity index (χ2v) is 15.1. The van der Waals surface area contributed by atoms with Gasteiger partial charge in [-0.1, -0.05) is 0 Å². The molecule has 0 saturated heterocycles. The lowest BCUT2D eigenvalue weighted by molar-refractivity contribution is -0.214. The first-order chi connectivity index (χ1) is 26.1. The van der Waals surface area contributed by atoms with E-state index in [0.717, 1.165) is 55.4 Å². The Bertz CT molecular complexity index is 1530. The zero-order valence-electron chi connectivity index (χ0n) is 34.4. The molecule has 0 bridgehead atoms. The molecule has 2 amide bonds. The van der Waals surface area contributed by atoms with Gasteiger partial charge in [0.15, 0.2) is 57.1 Å². The number of carbonyl (C=O) groups excluding carboxylic acids is 10. The van der Waals surface area contributed by atoms with Crippen molar-refractivity contribution >= 4 is 64.0 Å². The molecule has 11 atom stereocenters. The van der Waals surface area contributed by atoms with Gasteiger partial charge < -0.3 is 62.4 Å². The van der Waals surface area contributed by atoms with E-state index in [1.54, 1.807) is 0 Å². The third-order valence-electron chi connectivity index (χ3n) is 9.78. The average molecular weight is 828 g/mol. The van der Waals surface area contributed by atoms with Crippen LogP contribution in [-0.4, -0.2) is 140 Å². The number of ketones is 8. The number of amides is 2. The lowest BCUT2D eigenvalue weighted by Gasteiger charge is -2.64. The highest BCUT2D eigenvalue weighted by Gasteiger charge is 2.92. The van der Waals surface area contributed by atoms with E-state index in [1.165, 1.54) is 0 Å². The van der Waals surface area contributed by atoms with Crippen LogP contribution in [0, 0.1) is 16.2 Å². The lowest BCUT2D eigenvalue weighted by atomic mass is 9.33. The van der Waals surface area contributed by atoms with Crippen molar-refractivity contribution < 1.29 is 57.8 Å². The normalized spacial score (nSPS) is 21.1. The standard InChI is InChI=1S/C35H61N11O12/c1-11(36)21(47)32(22(48)12(2)37,23(49)13(3)38)35(28(54)18(8)43,33(24(50)14(4)39,25(51)15(5)40)26(52)16(6)41)34(31(57)58,27(53)17(7)42)46(29(55)19(9)44)30(56)20(10)45/h11-20H,36-45H2,1-10H3,(H,57,58). The molecule has 0 aliphatic rings. The maximum Gasteiger partial charge on any atom is 0.339 e. The highest BCUT2D eigenvalue weighted by atomic mass is 16.4. The molecule has 0 spiro atoms. The highest BCUT2D eigenvalue weighted by molar-refractivity contribution is 6.41. The highest BCUT2D eigenvalue weighted by Crippen LogP contribution is 2.65. The average Bonchev–Trinajstić information content (AvgIpc) is 3.10. The Morgan fingerprint density at radius 2 is 0.534 bits per heavy atom. The van der Waals surface area contributed by atoms with Crippen LogP contribution in [0.4, 0.5) is 0 Å². The van der Waals surface area contributed by atoms with Crippen LogP contribution in [0.15, 0.2) is 0 Å². The van der Waals surface area contributed by atoms with Crippen molar-refractivity contribution in [3.63, 3.8) is 0 Å². The molecule has 58 heavy (non-hydrogen) atoms. The van der Waals surface area contributed by atoms with Crippen molar-refractivity contribution in [3.8, 4) is 0 Å². The Labute approximate surface area is 335 Å². The number of Topliss-reactive ketones (excluding diaryl/α,β-unsaturated/α-hetero) is 8. The number of hydrogen-bond acceptors (Lipinski definition) is 21. The largest absolute Gasteiger partial charge is 0.479 e. The molecule has 0 aromatic rings. The molecule has 0 aliphatic heterocycles. The predicted molar refractivity (Wildman–Crippen MR) is 206 cm³/mol. The maximum absolute atomic E-state index is 16.1. The number of nitrogens with two attached hydrogens (primary N) is 10. The van der Waals surface area contributed by atoms with Gasteiger partial charge in [0.25, 0.3) is 0 Å². The quantitative estimate of drug-likeness (QED) is 0.0426. The van der Waals surface area contributed by atoms with E-state index < -0.39 is 151 Å². The third-order valence-corrected chi connectivity index (χ3v) is 9.78. The van der Waals surface area contributed by atoms with Gasteiger partial charge in [-0.3, -0.25) is 52.8 Å². The fraction of sp³-hybridized carbons (Fsp3) is 0.686. The Balaban J connectivity index is 12.2. The molecule has 0 rings (SSSR count). The molecular formula is C35H61N11O12. The van der Waals surface area contributed by atoms with Crippen molar-refractivity contribution in [2.24, 2.45) is 73.6 Å². The zero-order valence-corrected chi connectivity index (χ0v) is 34.4. The summed E-state index contributed by atoms with van der Waals surface area (Å²) < 4.78 is 0. The van der Waals surface area contributed by atoms with Crippen LogP contribution in [-0.2, 0) is 52.7 Å². The first-order valence-electron chi connectivity index (χ1n) is 18.1. The van der Waals surface area contributed by atoms with Crippen LogP contribution >= 0.6 is 0 Å². The SMILES string of the molecule is CC(N)C(=O)N(C(=O)C(C)N)C(C(=O)O)(C(=O)C(C)N)C(C(=O)C(C)N)(C(C(=O)C(C)N)(C(=O)C(C)N)C(=O)C(C)N)C(C(=O)C(C)N)(C(=O)C(C)N)C(=O)C(C)N. The predicted octanol–water partition coefficient (Wildman–Crippen LogP) is -6.85. The Kier molecular flexibility index (Phi) is 17.6. The van der Waals surface area contributed by atoms with Gasteiger partial charge in [0, 0.05) is 0 Å². The zero-order chi connectivity index (χ0) is 46.7. The minimum absolute atomic E-state index is 0.616. The van der Waals surface area contributed by atoms with Crippen molar-refractivity contribution in [1.82, 2.24) is 4.90 Å². The van der Waals surface area contributed by atoms with E-state index in [9.17, 15) is 19.5 Å². The maximum atomic E-state index is 16.1. The summed E-state index contributed by atoms with van der Waals surface area (Å²) >= 11 is 0. The fourth-order valence-corrected chi connectivity index (χ4v) is 7.60. The monoisotopic (exact) mass is 827 g/mol. The van der Waals surface area contributed by atoms with Gasteiger partial charge in [-0.15, -0.1) is 0 Å². The Morgan fingerprint density at radius 1 is 0.345 bits per heavy atom. The molecule has 0 saturated carbocycles. The van der Waals surface area contributed by atoms with Crippen molar-refractivity contribution in [2.45, 2.75) is 135 Å². The Hall–Kier alpha value is -4.43. The summed E-state index contributed by atoms with van der Waals surface area (Å²) in [5.74, 6) is -24.4. The molecule has 21 N–H and O–H groups in total. The van der Waals surface area contributed by atoms with E-state index in [0.29, 0.717) is 13.8 Å². The molecule has 0 fully saturated rings. The van der Waals surface area contributed by atoms with Gasteiger partial charge in [0.2, 0.25) is 17.4 Å². The number of carboxylic acid groups (broad SMARTS) is 1. The summed E-state index contributed by atoms with van der Waals surface area (Å²) in [6.45, 7) is 7.65. The summed E-state index contributed by atoms with van der Waals surface area (Å²) in [6, 6.07) is -23.3. The molecule has 0 aromatic heterocycles. The number of rotatable bonds is 23. The van der Waals surface area contributed by atoms with Crippen LogP contribution in [0.3, 0.4) is 0 Å². The van der Waals surface area contributed by atoms with E-state index in [1.807, 2.05) is 0 Å². The lowest BCUT2D eigenvalue weighted by Crippen LogP contribution is -2.92. The molecule has 0 heterocycles. The van der Waals surface area contributed by atoms with Crippen molar-refractivity contribution in [1.29, 1.82) is 0 Å². The Morgan fingerprint density at radius 3 is 0.672 bits per heavy atom. The van der Waals surface area contributed by atoms with Crippen LogP contribution < -0.4 is 57.3 Å². The van der Waals surface area contributed by atoms with Crippen LogP contribution in [0.5, 0.6) is 0 Å². The molecule has 23 nitrogen and oxygen atoms in total. The van der Waals surface area contributed by atoms with E-state index in [4.69, 9.17) is 57.3 Å². The van der Waals surface area contributed by atoms with E-state index >= 15 is 38.4 Å². The van der Waals surface area contributed by atoms with Gasteiger partial charge in [0.1, 0.15) is 5.41 Å². The van der Waals surface area contributed by atoms with Gasteiger partial charge in [-0.25, -0.2) is 4.79 Å². The van der Waals surface area contributed by atoms with Gasteiger partial charge in [0.05, 0.1) is 60.4 Å². The fourth-order valence-electron chi connectivity index (χ4n) is 7.60. The summed E-state index contributed by atoms with van der Waals surface area (Å²) in [6.07, 6.45) is 0. The van der Waals surface area contributed by atoms with Crippen molar-refractivity contribution in [2.75, 3.05) is 0 Å². The molecule has 0 aromatic carbocycles. The van der Waals surface area contributed by atoms with Gasteiger partial charge >= 0.3 is 5.97 Å². The van der Waals surface area contributed by atoms with E-state index in [-0.39, 0.29) is 0 Å². The summed E-state index contributed by atoms with van der Waals surface area (Å²) in [4.78, 5) is 168. The number of imide groups is 1. The van der Waals surface area contributed by atoms with Crippen LogP contribution in [0.25, 0.3) is 0 Å². The molecule has 11 unspecified atom stereocenters. The second-order valence-electron chi connectivity index (χ2n) is 15.1. The molecule has 328 valence electrons. The first-order valence-corrected chi connectivity index (χ1v) is 18.1. The second kappa shape index (κ2) is 19.1. The minimum Gasteiger partial charge on any atom is -0.479 e. The summed E-state index contributed by atoms with van der Waals surface area (Å²) in [5.41, 5.74) is 41.6. The number of carbonyl (C=O) groups is 11. The number of carboxylic acids is 1. The topological polar surface area (TPSA) is 471 Å². The molecular weight excluding hydrogens is 766 g/mol. The summed E-state index contributed by atoms with van der Waals surface area (Å²) in [5, 5.41) is 11.9. The first kappa shape index (κ1) is 53.6. The molecule has 23 heteroatoms. The number of aliphatic carboxylic acids is 1. The number of hydrogen-bond donors (Lipinski definition) is 11. The van der Waals surface area contributed by atoms with Crippen LogP contribution in [0.1, 0.15) is 69.2 Å². The van der Waals surface area contributed by atoms with Crippen molar-refractivity contribution in [3.05, 3.63) is 0 Å². The van der Waals surface area contributed by atoms with Gasteiger partial charge in [-0.05, 0) is 69.2 Å². The van der Waals surface area contributed by atoms with E-state index in [2.05, 4.69) is 0 Å². The number of nitrogens with zero attached hydrogens (tertiary/aromatic N) is 1. The molecule has 0 aliphatic carbocycles. The van der Waals surface area contributed by atoms with Gasteiger partial charge in [-0.2, -0.15) is 0 Å². The third kappa shape index (κ3) is 7.74. The molecule has 0 radical (unpaired) electrons. The van der Waals surface area contributed by atoms with Crippen LogP contribution in [0.2, 0.25) is 0 Å².